The fraction of sp³-hybridized carbons (Fsp3) is 0.0435. The third kappa shape index (κ3) is 4.50. The van der Waals surface area contributed by atoms with Crippen LogP contribution in [0.25, 0.3) is 11.0 Å². The van der Waals surface area contributed by atoms with E-state index in [0.29, 0.717) is 33.3 Å². The summed E-state index contributed by atoms with van der Waals surface area (Å²) in [4.78, 5) is 25.1. The number of methoxy groups -OCH3 is 1. The summed E-state index contributed by atoms with van der Waals surface area (Å²) >= 11 is 11.9. The first kappa shape index (κ1) is 20.8. The number of para-hydroxylation sites is 1. The highest BCUT2D eigenvalue weighted by Gasteiger charge is 2.16. The molecule has 31 heavy (non-hydrogen) atoms. The molecule has 2 amide bonds. The van der Waals surface area contributed by atoms with Crippen LogP contribution in [0.3, 0.4) is 0 Å². The average molecular weight is 455 g/mol. The van der Waals surface area contributed by atoms with Gasteiger partial charge in [0.15, 0.2) is 5.76 Å². The number of furan rings is 1. The molecule has 0 aliphatic rings. The molecule has 0 saturated carbocycles. The summed E-state index contributed by atoms with van der Waals surface area (Å²) in [5.74, 6) is -0.224. The van der Waals surface area contributed by atoms with Crippen molar-refractivity contribution in [3.8, 4) is 5.75 Å². The quantitative estimate of drug-likeness (QED) is 0.373. The molecule has 0 spiro atoms. The molecule has 1 heterocycles. The summed E-state index contributed by atoms with van der Waals surface area (Å²) in [6.07, 6.45) is 0. The lowest BCUT2D eigenvalue weighted by molar-refractivity contribution is 0.0996. The van der Waals surface area contributed by atoms with Gasteiger partial charge in [0.1, 0.15) is 11.3 Å². The van der Waals surface area contributed by atoms with Crippen molar-refractivity contribution in [2.45, 2.75) is 0 Å². The van der Waals surface area contributed by atoms with Crippen molar-refractivity contribution in [3.05, 3.63) is 88.1 Å². The number of fused-ring (bicyclic) bond motifs is 1. The molecule has 2 N–H and O–H groups in total. The molecule has 1 aromatic heterocycles. The van der Waals surface area contributed by atoms with E-state index in [-0.39, 0.29) is 16.7 Å². The predicted octanol–water partition coefficient (Wildman–Crippen LogP) is 6.25. The Balaban J connectivity index is 1.51. The molecule has 0 radical (unpaired) electrons. The van der Waals surface area contributed by atoms with Gasteiger partial charge in [0, 0.05) is 22.7 Å². The first-order valence-electron chi connectivity index (χ1n) is 9.19. The maximum Gasteiger partial charge on any atom is 0.291 e. The average Bonchev–Trinajstić information content (AvgIpc) is 3.21. The highest BCUT2D eigenvalue weighted by Crippen LogP contribution is 2.30. The maximum absolute atomic E-state index is 12.6. The van der Waals surface area contributed by atoms with Gasteiger partial charge >= 0.3 is 0 Å². The van der Waals surface area contributed by atoms with Gasteiger partial charge in [0.25, 0.3) is 11.8 Å². The van der Waals surface area contributed by atoms with Gasteiger partial charge in [-0.05, 0) is 42.5 Å². The Morgan fingerprint density at radius 1 is 0.871 bits per heavy atom. The van der Waals surface area contributed by atoms with Crippen LogP contribution in [0.5, 0.6) is 5.75 Å². The topological polar surface area (TPSA) is 80.6 Å². The van der Waals surface area contributed by atoms with E-state index in [1.807, 2.05) is 18.2 Å². The SMILES string of the molecule is COc1cc(NC(=O)c2ccc(Cl)c(Cl)c2)ccc1NC(=O)c1cc2ccccc2o1. The van der Waals surface area contributed by atoms with Gasteiger partial charge in [-0.2, -0.15) is 0 Å². The number of nitrogens with one attached hydrogen (secondary N) is 2. The molecule has 0 atom stereocenters. The van der Waals surface area contributed by atoms with Gasteiger partial charge < -0.3 is 19.8 Å². The fourth-order valence-electron chi connectivity index (χ4n) is 2.99. The van der Waals surface area contributed by atoms with Crippen LogP contribution in [0.4, 0.5) is 11.4 Å². The summed E-state index contributed by atoms with van der Waals surface area (Å²) in [6, 6.07) is 18.5. The molecule has 4 aromatic rings. The molecule has 0 aliphatic carbocycles. The van der Waals surface area contributed by atoms with Crippen molar-refractivity contribution in [2.24, 2.45) is 0 Å². The molecule has 0 fully saturated rings. The van der Waals surface area contributed by atoms with Crippen LogP contribution in [-0.4, -0.2) is 18.9 Å². The monoisotopic (exact) mass is 454 g/mol. The number of anilines is 2. The lowest BCUT2D eigenvalue weighted by atomic mass is 10.2. The number of hydrogen-bond donors (Lipinski definition) is 2. The third-order valence-corrected chi connectivity index (χ3v) is 5.28. The molecule has 3 aromatic carbocycles. The molecule has 156 valence electrons. The summed E-state index contributed by atoms with van der Waals surface area (Å²) in [5, 5.41) is 7.01. The molecule has 0 aliphatic heterocycles. The minimum atomic E-state index is -0.415. The van der Waals surface area contributed by atoms with Crippen LogP contribution in [0.15, 0.2) is 71.1 Å². The van der Waals surface area contributed by atoms with E-state index in [4.69, 9.17) is 32.4 Å². The summed E-state index contributed by atoms with van der Waals surface area (Å²) in [6.45, 7) is 0. The van der Waals surface area contributed by atoms with Crippen molar-refractivity contribution in [1.29, 1.82) is 0 Å². The van der Waals surface area contributed by atoms with Gasteiger partial charge in [-0.25, -0.2) is 0 Å². The smallest absolute Gasteiger partial charge is 0.291 e. The Hall–Kier alpha value is -3.48. The number of carbonyl (C=O) groups excluding carboxylic acids is 2. The second-order valence-electron chi connectivity index (χ2n) is 6.60. The molecular weight excluding hydrogens is 439 g/mol. The first-order valence-corrected chi connectivity index (χ1v) is 9.94. The van der Waals surface area contributed by atoms with Gasteiger partial charge in [-0.1, -0.05) is 41.4 Å². The standard InChI is InChI=1S/C23H16Cl2N2O4/c1-30-20-12-15(26-22(28)14-6-8-16(24)17(25)10-14)7-9-18(20)27-23(29)21-11-13-4-2-3-5-19(13)31-21/h2-12H,1H3,(H,26,28)(H,27,29). The Morgan fingerprint density at radius 2 is 1.68 bits per heavy atom. The lowest BCUT2D eigenvalue weighted by Gasteiger charge is -2.12. The highest BCUT2D eigenvalue weighted by molar-refractivity contribution is 6.42. The van der Waals surface area contributed by atoms with Crippen LogP contribution < -0.4 is 15.4 Å². The first-order chi connectivity index (χ1) is 14.9. The molecule has 0 unspecified atom stereocenters. The number of benzene rings is 3. The Kier molecular flexibility index (Phi) is 5.84. The fourth-order valence-corrected chi connectivity index (χ4v) is 3.29. The van der Waals surface area contributed by atoms with Crippen LogP contribution in [-0.2, 0) is 0 Å². The Morgan fingerprint density at radius 3 is 2.42 bits per heavy atom. The number of ether oxygens (including phenoxy) is 1. The zero-order valence-corrected chi connectivity index (χ0v) is 17.8. The van der Waals surface area contributed by atoms with E-state index >= 15 is 0 Å². The van der Waals surface area contributed by atoms with Crippen LogP contribution in [0, 0.1) is 0 Å². The van der Waals surface area contributed by atoms with E-state index in [2.05, 4.69) is 10.6 Å². The lowest BCUT2D eigenvalue weighted by Crippen LogP contribution is -2.13. The molecule has 0 bridgehead atoms. The zero-order valence-electron chi connectivity index (χ0n) is 16.2. The van der Waals surface area contributed by atoms with E-state index in [9.17, 15) is 9.59 Å². The molecule has 6 nitrogen and oxygen atoms in total. The second kappa shape index (κ2) is 8.71. The van der Waals surface area contributed by atoms with Crippen molar-refractivity contribution < 1.29 is 18.7 Å². The largest absolute Gasteiger partial charge is 0.494 e. The normalized spacial score (nSPS) is 10.7. The minimum absolute atomic E-state index is 0.181. The molecular formula is C23H16Cl2N2O4. The van der Waals surface area contributed by atoms with Crippen molar-refractivity contribution in [1.82, 2.24) is 0 Å². The van der Waals surface area contributed by atoms with E-state index in [0.717, 1.165) is 5.39 Å². The van der Waals surface area contributed by atoms with Crippen molar-refractivity contribution >= 4 is 57.4 Å². The number of hydrogen-bond acceptors (Lipinski definition) is 4. The summed E-state index contributed by atoms with van der Waals surface area (Å²) in [7, 11) is 1.47. The maximum atomic E-state index is 12.6. The molecule has 0 saturated heterocycles. The third-order valence-electron chi connectivity index (χ3n) is 4.54. The predicted molar refractivity (Wildman–Crippen MR) is 122 cm³/mol. The highest BCUT2D eigenvalue weighted by atomic mass is 35.5. The van der Waals surface area contributed by atoms with Gasteiger partial charge in [0.2, 0.25) is 0 Å². The Labute approximate surface area is 187 Å². The van der Waals surface area contributed by atoms with Crippen LogP contribution in [0.1, 0.15) is 20.9 Å². The van der Waals surface area contributed by atoms with Gasteiger partial charge in [0.05, 0.1) is 22.8 Å². The van der Waals surface area contributed by atoms with E-state index < -0.39 is 5.91 Å². The van der Waals surface area contributed by atoms with Gasteiger partial charge in [-0.3, -0.25) is 9.59 Å². The molecule has 4 rings (SSSR count). The van der Waals surface area contributed by atoms with E-state index in [1.165, 1.54) is 13.2 Å². The Bertz CT molecular complexity index is 1270. The molecule has 8 heteroatoms. The van der Waals surface area contributed by atoms with Crippen molar-refractivity contribution in [3.63, 3.8) is 0 Å². The van der Waals surface area contributed by atoms with E-state index in [1.54, 1.807) is 42.5 Å². The van der Waals surface area contributed by atoms with Crippen LogP contribution >= 0.6 is 23.2 Å². The summed E-state index contributed by atoms with van der Waals surface area (Å²) in [5.41, 5.74) is 1.89. The number of halogens is 2. The number of amides is 2. The number of carbonyl (C=O) groups is 2. The zero-order chi connectivity index (χ0) is 22.0. The minimum Gasteiger partial charge on any atom is -0.494 e. The second-order valence-corrected chi connectivity index (χ2v) is 7.42. The number of rotatable bonds is 5. The summed E-state index contributed by atoms with van der Waals surface area (Å²) < 4.78 is 11.0. The van der Waals surface area contributed by atoms with Crippen LogP contribution in [0.2, 0.25) is 10.0 Å². The van der Waals surface area contributed by atoms with Gasteiger partial charge in [-0.15, -0.1) is 0 Å². The van der Waals surface area contributed by atoms with Crippen molar-refractivity contribution in [2.75, 3.05) is 17.7 Å².